The quantitative estimate of drug-likeness (QED) is 0.178. The van der Waals surface area contributed by atoms with E-state index in [4.69, 9.17) is 4.52 Å². The second kappa shape index (κ2) is 14.9. The molecule has 17 heteroatoms. The molecule has 1 aliphatic carbocycles. The van der Waals surface area contributed by atoms with Crippen LogP contribution in [0.15, 0.2) is 75.0 Å². The number of aromatic nitrogens is 2. The van der Waals surface area contributed by atoms with Crippen molar-refractivity contribution in [3.05, 3.63) is 82.6 Å². The molecule has 2 aromatic carbocycles. The Morgan fingerprint density at radius 1 is 0.815 bits per heavy atom. The number of carbonyl (C=O) groups excluding carboxylic acids is 2. The van der Waals surface area contributed by atoms with E-state index in [0.717, 1.165) is 34.8 Å². The summed E-state index contributed by atoms with van der Waals surface area (Å²) < 4.78 is 92.1. The Balaban J connectivity index is 0.000000247. The zero-order valence-electron chi connectivity index (χ0n) is 31.5. The molecular weight excluding hydrogens is 766 g/mol. The van der Waals surface area contributed by atoms with Crippen LogP contribution in [-0.2, 0) is 46.3 Å². The third kappa shape index (κ3) is 8.57. The van der Waals surface area contributed by atoms with E-state index in [1.165, 1.54) is 37.3 Å². The van der Waals surface area contributed by atoms with E-state index in [1.54, 1.807) is 24.3 Å². The first-order chi connectivity index (χ1) is 24.6. The molecule has 0 spiro atoms. The Morgan fingerprint density at radius 2 is 1.39 bits per heavy atom. The van der Waals surface area contributed by atoms with Crippen molar-refractivity contribution in [3.63, 3.8) is 0 Å². The number of alkyl halides is 3. The highest BCUT2D eigenvalue weighted by molar-refractivity contribution is 7.94. The van der Waals surface area contributed by atoms with Crippen LogP contribution in [0.5, 0.6) is 0 Å². The Morgan fingerprint density at radius 3 is 1.83 bits per heavy atom. The molecule has 2 N–H and O–H groups in total. The largest absolute Gasteiger partial charge is 0.416 e. The highest BCUT2D eigenvalue weighted by Crippen LogP contribution is 2.45. The van der Waals surface area contributed by atoms with Crippen molar-refractivity contribution >= 4 is 53.8 Å². The maximum absolute atomic E-state index is 13.2. The van der Waals surface area contributed by atoms with Gasteiger partial charge in [0.05, 0.1) is 21.0 Å². The van der Waals surface area contributed by atoms with Crippen LogP contribution in [-0.4, -0.2) is 48.3 Å². The summed E-state index contributed by atoms with van der Waals surface area (Å²) in [6.07, 6.45) is -3.81. The van der Waals surface area contributed by atoms with E-state index in [0.29, 0.717) is 17.3 Å². The van der Waals surface area contributed by atoms with Gasteiger partial charge in [-0.05, 0) is 81.8 Å². The summed E-state index contributed by atoms with van der Waals surface area (Å²) in [5.41, 5.74) is -0.620. The molecule has 4 aromatic rings. The predicted molar refractivity (Wildman–Crippen MR) is 201 cm³/mol. The van der Waals surface area contributed by atoms with Crippen molar-refractivity contribution in [1.82, 2.24) is 10.1 Å². The van der Waals surface area contributed by atoms with Crippen molar-refractivity contribution in [2.75, 3.05) is 10.6 Å². The first-order valence-electron chi connectivity index (χ1n) is 16.9. The first-order valence-corrected chi connectivity index (χ1v) is 20.7. The smallest absolute Gasteiger partial charge is 0.359 e. The number of nitrogens with zero attached hydrogens (tertiary/aromatic N) is 2. The van der Waals surface area contributed by atoms with Crippen molar-refractivity contribution in [3.8, 4) is 0 Å². The Bertz CT molecular complexity index is 2210. The monoisotopic (exact) mass is 810 g/mol. The number of carbonyl (C=O) groups is 2. The van der Waals surface area contributed by atoms with Crippen molar-refractivity contribution < 1.29 is 44.1 Å². The van der Waals surface area contributed by atoms with E-state index >= 15 is 0 Å². The van der Waals surface area contributed by atoms with E-state index in [-0.39, 0.29) is 39.3 Å². The number of halogens is 3. The molecule has 11 nitrogen and oxygen atoms in total. The highest BCUT2D eigenvalue weighted by atomic mass is 32.2. The fraction of sp³-hybridized carbons (Fsp3) is 0.459. The molecule has 0 saturated heterocycles. The van der Waals surface area contributed by atoms with E-state index in [2.05, 4.69) is 20.8 Å². The lowest BCUT2D eigenvalue weighted by Gasteiger charge is -2.39. The topological polar surface area (TPSA) is 165 Å². The second-order valence-electron chi connectivity index (χ2n) is 15.6. The standard InChI is InChI=1S/C20H23F3N2O3S2.C17H22N2O4S/c1-12-15(18(2,3)4)29-17(24-12)25-16(26)19(10-5-11-19)30(27,28)14-8-6-13(7-9-14)20(21,22)23;1-16(2,3)13-11-14(19-23-13)18-15(20)17(4,5)24(21,22)12-9-7-6-8-10-12/h6-9H,5,10-11H2,1-4H3,(H,24,25,26);6-11H,1-5H3,(H,18,19,20). The number of hydrogen-bond donors (Lipinski definition) is 2. The third-order valence-electron chi connectivity index (χ3n) is 9.04. The first kappa shape index (κ1) is 42.6. The number of aryl methyl sites for hydroxylation is 1. The predicted octanol–water partition coefficient (Wildman–Crippen LogP) is 8.27. The normalized spacial score (nSPS) is 15.0. The fourth-order valence-electron chi connectivity index (χ4n) is 5.49. The number of anilines is 2. The molecule has 2 aromatic heterocycles. The third-order valence-corrected chi connectivity index (χ3v) is 15.5. The molecular formula is C37H45F3N4O7S3. The highest BCUT2D eigenvalue weighted by Gasteiger charge is 2.56. The van der Waals surface area contributed by atoms with Crippen LogP contribution in [0.25, 0.3) is 0 Å². The summed E-state index contributed by atoms with van der Waals surface area (Å²) in [5, 5.41) is 9.27. The molecule has 2 heterocycles. The molecule has 1 aliphatic rings. The molecule has 1 saturated carbocycles. The average molecular weight is 811 g/mol. The van der Waals surface area contributed by atoms with Crippen molar-refractivity contribution in [2.45, 2.75) is 118 Å². The van der Waals surface area contributed by atoms with Gasteiger partial charge in [-0.25, -0.2) is 21.8 Å². The van der Waals surface area contributed by atoms with E-state index < -0.39 is 52.7 Å². The van der Waals surface area contributed by atoms with Gasteiger partial charge in [-0.1, -0.05) is 64.9 Å². The molecule has 54 heavy (non-hydrogen) atoms. The SMILES string of the molecule is CC(C)(C)c1cc(NC(=O)C(C)(C)S(=O)(=O)c2ccccc2)no1.Cc1nc(NC(=O)C2(S(=O)(=O)c3ccc(C(F)(F)F)cc3)CCC2)sc1C(C)(C)C. The minimum Gasteiger partial charge on any atom is -0.359 e. The summed E-state index contributed by atoms with van der Waals surface area (Å²) in [4.78, 5) is 30.7. The molecule has 0 unspecified atom stereocenters. The van der Waals surface area contributed by atoms with Gasteiger partial charge in [-0.3, -0.25) is 9.59 Å². The molecule has 0 radical (unpaired) electrons. The molecule has 5 rings (SSSR count). The molecule has 294 valence electrons. The van der Waals surface area contributed by atoms with Gasteiger partial charge in [0.2, 0.25) is 11.8 Å². The summed E-state index contributed by atoms with van der Waals surface area (Å²) in [7, 11) is -8.03. The van der Waals surface area contributed by atoms with Crippen molar-refractivity contribution in [2.24, 2.45) is 0 Å². The lowest BCUT2D eigenvalue weighted by molar-refractivity contribution is -0.137. The lowest BCUT2D eigenvalue weighted by Crippen LogP contribution is -2.54. The number of hydrogen-bond acceptors (Lipinski definition) is 10. The number of nitrogens with one attached hydrogen (secondary N) is 2. The molecule has 2 amide bonds. The van der Waals surface area contributed by atoms with Crippen LogP contribution in [0.1, 0.15) is 96.5 Å². The number of thiazole rings is 1. The Kier molecular flexibility index (Phi) is 11.7. The molecule has 0 aliphatic heterocycles. The van der Waals surface area contributed by atoms with Gasteiger partial charge < -0.3 is 15.2 Å². The van der Waals surface area contributed by atoms with Crippen LogP contribution in [0.2, 0.25) is 0 Å². The van der Waals surface area contributed by atoms with E-state index in [9.17, 15) is 39.6 Å². The number of benzene rings is 2. The van der Waals surface area contributed by atoms with Crippen LogP contribution >= 0.6 is 11.3 Å². The maximum atomic E-state index is 13.2. The second-order valence-corrected chi connectivity index (χ2v) is 21.4. The lowest BCUT2D eigenvalue weighted by atomic mass is 9.83. The zero-order valence-corrected chi connectivity index (χ0v) is 34.0. The van der Waals surface area contributed by atoms with Crippen LogP contribution in [0, 0.1) is 6.92 Å². The summed E-state index contributed by atoms with van der Waals surface area (Å²) in [5.74, 6) is -0.564. The van der Waals surface area contributed by atoms with Crippen LogP contribution < -0.4 is 10.6 Å². The van der Waals surface area contributed by atoms with Gasteiger partial charge in [0.1, 0.15) is 10.5 Å². The van der Waals surface area contributed by atoms with E-state index in [1.807, 2.05) is 48.5 Å². The van der Waals surface area contributed by atoms with Gasteiger partial charge >= 0.3 is 6.18 Å². The van der Waals surface area contributed by atoms with Gasteiger partial charge in [-0.15, -0.1) is 11.3 Å². The fourth-order valence-corrected chi connectivity index (χ4v) is 9.98. The number of amides is 2. The molecule has 1 fully saturated rings. The van der Waals surface area contributed by atoms with Gasteiger partial charge in [0, 0.05) is 16.4 Å². The average Bonchev–Trinajstić information content (AvgIpc) is 3.67. The summed E-state index contributed by atoms with van der Waals surface area (Å²) in [6.45, 7) is 16.5. The van der Waals surface area contributed by atoms with Gasteiger partial charge in [-0.2, -0.15) is 13.2 Å². The Labute approximate surface area is 318 Å². The minimum atomic E-state index is -4.57. The summed E-state index contributed by atoms with van der Waals surface area (Å²) in [6, 6.07) is 12.8. The summed E-state index contributed by atoms with van der Waals surface area (Å²) >= 11 is 1.29. The number of sulfone groups is 2. The van der Waals surface area contributed by atoms with Crippen LogP contribution in [0.4, 0.5) is 24.1 Å². The molecule has 0 atom stereocenters. The van der Waals surface area contributed by atoms with Gasteiger partial charge in [0.15, 0.2) is 35.4 Å². The molecule has 0 bridgehead atoms. The maximum Gasteiger partial charge on any atom is 0.416 e. The van der Waals surface area contributed by atoms with Crippen LogP contribution in [0.3, 0.4) is 0 Å². The minimum absolute atomic E-state index is 0.0979. The zero-order chi connectivity index (χ0) is 40.7. The number of rotatable bonds is 8. The Hall–Kier alpha value is -4.09. The van der Waals surface area contributed by atoms with Crippen molar-refractivity contribution in [1.29, 1.82) is 0 Å². The van der Waals surface area contributed by atoms with Gasteiger partial charge in [0.25, 0.3) is 0 Å².